The fourth-order valence-electron chi connectivity index (χ4n) is 1.56. The van der Waals surface area contributed by atoms with Crippen LogP contribution in [0.5, 0.6) is 5.75 Å². The van der Waals surface area contributed by atoms with Crippen LogP contribution in [0.15, 0.2) is 24.3 Å². The molecular weight excluding hydrogens is 240 g/mol. The zero-order valence-electron chi connectivity index (χ0n) is 11.8. The largest absolute Gasteiger partial charge is 0.491 e. The van der Waals surface area contributed by atoms with Gasteiger partial charge in [-0.25, -0.2) is 0 Å². The quantitative estimate of drug-likeness (QED) is 0.409. The molecular formula is C15H24N2O2. The van der Waals surface area contributed by atoms with Gasteiger partial charge in [-0.3, -0.25) is 5.41 Å². The molecule has 19 heavy (non-hydrogen) atoms. The molecule has 0 aromatic heterocycles. The molecule has 0 saturated carbocycles. The van der Waals surface area contributed by atoms with Gasteiger partial charge in [-0.2, -0.15) is 0 Å². The molecule has 1 aromatic rings. The highest BCUT2D eigenvalue weighted by Crippen LogP contribution is 2.12. The summed E-state index contributed by atoms with van der Waals surface area (Å²) in [5, 5.41) is 7.22. The van der Waals surface area contributed by atoms with Crippen LogP contribution >= 0.6 is 0 Å². The van der Waals surface area contributed by atoms with Crippen molar-refractivity contribution >= 4 is 5.84 Å². The predicted octanol–water partition coefficient (Wildman–Crippen LogP) is 2.61. The van der Waals surface area contributed by atoms with Crippen LogP contribution in [0.1, 0.15) is 25.8 Å². The monoisotopic (exact) mass is 264 g/mol. The number of hydrogen-bond donors (Lipinski definition) is 2. The summed E-state index contributed by atoms with van der Waals surface area (Å²) in [5.41, 5.74) is 6.37. The zero-order chi connectivity index (χ0) is 14.1. The van der Waals surface area contributed by atoms with Crippen molar-refractivity contribution in [3.05, 3.63) is 29.8 Å². The molecule has 0 aliphatic rings. The van der Waals surface area contributed by atoms with Crippen molar-refractivity contribution in [1.29, 1.82) is 5.41 Å². The Kier molecular flexibility index (Phi) is 6.97. The first-order valence-corrected chi connectivity index (χ1v) is 6.70. The van der Waals surface area contributed by atoms with E-state index in [0.717, 1.165) is 24.3 Å². The third-order valence-electron chi connectivity index (χ3n) is 2.65. The number of nitrogens with one attached hydrogen (secondary N) is 1. The molecule has 0 amide bonds. The van der Waals surface area contributed by atoms with Crippen molar-refractivity contribution in [2.24, 2.45) is 11.7 Å². The van der Waals surface area contributed by atoms with E-state index >= 15 is 0 Å². The molecule has 0 atom stereocenters. The van der Waals surface area contributed by atoms with E-state index in [-0.39, 0.29) is 5.84 Å². The summed E-state index contributed by atoms with van der Waals surface area (Å²) in [5.74, 6) is 1.67. The SMILES string of the molecule is CC(C)CCOCCOc1ccc(CC(=N)N)cc1. The number of rotatable bonds is 9. The third kappa shape index (κ3) is 7.47. The smallest absolute Gasteiger partial charge is 0.119 e. The molecule has 106 valence electrons. The fraction of sp³-hybridized carbons (Fsp3) is 0.533. The van der Waals surface area contributed by atoms with Crippen molar-refractivity contribution in [1.82, 2.24) is 0 Å². The minimum Gasteiger partial charge on any atom is -0.491 e. The predicted molar refractivity (Wildman–Crippen MR) is 77.8 cm³/mol. The minimum atomic E-state index is 0.173. The fourth-order valence-corrected chi connectivity index (χ4v) is 1.56. The normalized spacial score (nSPS) is 10.7. The molecule has 1 rings (SSSR count). The molecule has 4 heteroatoms. The van der Waals surface area contributed by atoms with Gasteiger partial charge in [0, 0.05) is 13.0 Å². The average molecular weight is 264 g/mol. The van der Waals surface area contributed by atoms with Gasteiger partial charge in [-0.15, -0.1) is 0 Å². The van der Waals surface area contributed by atoms with Crippen molar-refractivity contribution in [3.63, 3.8) is 0 Å². The number of ether oxygens (including phenoxy) is 2. The molecule has 1 aromatic carbocycles. The summed E-state index contributed by atoms with van der Waals surface area (Å²) in [4.78, 5) is 0. The highest BCUT2D eigenvalue weighted by molar-refractivity contribution is 5.79. The van der Waals surface area contributed by atoms with Gasteiger partial charge in [0.1, 0.15) is 12.4 Å². The Morgan fingerprint density at radius 3 is 2.42 bits per heavy atom. The first-order chi connectivity index (χ1) is 9.08. The third-order valence-corrected chi connectivity index (χ3v) is 2.65. The average Bonchev–Trinajstić information content (AvgIpc) is 2.34. The first kappa shape index (κ1) is 15.5. The molecule has 0 saturated heterocycles. The van der Waals surface area contributed by atoms with Crippen LogP contribution in [0.2, 0.25) is 0 Å². The molecule has 3 N–H and O–H groups in total. The van der Waals surface area contributed by atoms with Gasteiger partial charge in [-0.1, -0.05) is 26.0 Å². The molecule has 0 bridgehead atoms. The van der Waals surface area contributed by atoms with Crippen LogP contribution in [-0.4, -0.2) is 25.7 Å². The summed E-state index contributed by atoms with van der Waals surface area (Å²) >= 11 is 0. The maximum atomic E-state index is 7.22. The molecule has 0 radical (unpaired) electrons. The van der Waals surface area contributed by atoms with Crippen molar-refractivity contribution in [2.75, 3.05) is 19.8 Å². The van der Waals surface area contributed by atoms with Crippen molar-refractivity contribution < 1.29 is 9.47 Å². The maximum absolute atomic E-state index is 7.22. The molecule has 0 aliphatic carbocycles. The molecule has 4 nitrogen and oxygen atoms in total. The maximum Gasteiger partial charge on any atom is 0.119 e. The molecule has 0 spiro atoms. The first-order valence-electron chi connectivity index (χ1n) is 6.70. The van der Waals surface area contributed by atoms with Gasteiger partial charge >= 0.3 is 0 Å². The zero-order valence-corrected chi connectivity index (χ0v) is 11.8. The van der Waals surface area contributed by atoms with Crippen LogP contribution in [-0.2, 0) is 11.2 Å². The summed E-state index contributed by atoms with van der Waals surface area (Å²) < 4.78 is 11.0. The number of amidine groups is 1. The van der Waals surface area contributed by atoms with Crippen LogP contribution in [0.25, 0.3) is 0 Å². The molecule has 0 unspecified atom stereocenters. The van der Waals surface area contributed by atoms with E-state index in [2.05, 4.69) is 13.8 Å². The summed E-state index contributed by atoms with van der Waals surface area (Å²) in [7, 11) is 0. The minimum absolute atomic E-state index is 0.173. The summed E-state index contributed by atoms with van der Waals surface area (Å²) in [6, 6.07) is 7.64. The van der Waals surface area contributed by atoms with Crippen LogP contribution in [0.4, 0.5) is 0 Å². The lowest BCUT2D eigenvalue weighted by molar-refractivity contribution is 0.0926. The number of hydrogen-bond acceptors (Lipinski definition) is 3. The van der Waals surface area contributed by atoms with Crippen LogP contribution in [0.3, 0.4) is 0 Å². The van der Waals surface area contributed by atoms with E-state index in [9.17, 15) is 0 Å². The van der Waals surface area contributed by atoms with E-state index in [4.69, 9.17) is 20.6 Å². The van der Waals surface area contributed by atoms with E-state index in [1.807, 2.05) is 24.3 Å². The number of benzene rings is 1. The topological polar surface area (TPSA) is 68.3 Å². The van der Waals surface area contributed by atoms with Crippen LogP contribution < -0.4 is 10.5 Å². The lowest BCUT2D eigenvalue weighted by Crippen LogP contribution is -2.12. The standard InChI is InChI=1S/C15H24N2O2/c1-12(2)7-8-18-9-10-19-14-5-3-13(4-6-14)11-15(16)17/h3-6,12H,7-11H2,1-2H3,(H3,16,17). The van der Waals surface area contributed by atoms with E-state index < -0.39 is 0 Å². The van der Waals surface area contributed by atoms with Crippen LogP contribution in [0, 0.1) is 11.3 Å². The van der Waals surface area contributed by atoms with Gasteiger partial charge in [0.15, 0.2) is 0 Å². The lowest BCUT2D eigenvalue weighted by atomic mass is 10.1. The summed E-state index contributed by atoms with van der Waals surface area (Å²) in [6.45, 7) is 6.33. The van der Waals surface area contributed by atoms with Gasteiger partial charge in [-0.05, 0) is 30.0 Å². The van der Waals surface area contributed by atoms with Crippen molar-refractivity contribution in [2.45, 2.75) is 26.7 Å². The highest BCUT2D eigenvalue weighted by Gasteiger charge is 1.98. The van der Waals surface area contributed by atoms with Crippen molar-refractivity contribution in [3.8, 4) is 5.75 Å². The highest BCUT2D eigenvalue weighted by atomic mass is 16.5. The Hall–Kier alpha value is -1.55. The Bertz CT molecular complexity index is 374. The van der Waals surface area contributed by atoms with E-state index in [1.165, 1.54) is 0 Å². The van der Waals surface area contributed by atoms with Gasteiger partial charge in [0.05, 0.1) is 12.4 Å². The Labute approximate surface area is 115 Å². The van der Waals surface area contributed by atoms with Gasteiger partial charge in [0.2, 0.25) is 0 Å². The molecule has 0 fully saturated rings. The van der Waals surface area contributed by atoms with Gasteiger partial charge in [0.25, 0.3) is 0 Å². The van der Waals surface area contributed by atoms with Gasteiger partial charge < -0.3 is 15.2 Å². The van der Waals surface area contributed by atoms with E-state index in [0.29, 0.717) is 25.6 Å². The lowest BCUT2D eigenvalue weighted by Gasteiger charge is -2.09. The Morgan fingerprint density at radius 2 is 1.84 bits per heavy atom. The summed E-state index contributed by atoms with van der Waals surface area (Å²) in [6.07, 6.45) is 1.57. The van der Waals surface area contributed by atoms with E-state index in [1.54, 1.807) is 0 Å². The Morgan fingerprint density at radius 1 is 1.16 bits per heavy atom. The second kappa shape index (κ2) is 8.53. The second-order valence-electron chi connectivity index (χ2n) is 4.99. The second-order valence-corrected chi connectivity index (χ2v) is 4.99. The Balaban J connectivity index is 2.17. The molecule has 0 aliphatic heterocycles. The molecule has 0 heterocycles. The number of nitrogens with two attached hydrogens (primary N) is 1.